The first-order valence-corrected chi connectivity index (χ1v) is 7.11. The van der Waals surface area contributed by atoms with E-state index in [4.69, 9.17) is 5.14 Å². The van der Waals surface area contributed by atoms with Gasteiger partial charge in [0, 0.05) is 6.07 Å². The molecule has 8 nitrogen and oxygen atoms in total. The van der Waals surface area contributed by atoms with Crippen molar-refractivity contribution in [2.45, 2.75) is 18.7 Å². The van der Waals surface area contributed by atoms with Crippen molar-refractivity contribution in [3.8, 4) is 5.69 Å². The molecule has 0 spiro atoms. The molecular weight excluding hydrogens is 284 g/mol. The third-order valence-electron chi connectivity index (χ3n) is 2.82. The third kappa shape index (κ3) is 2.28. The van der Waals surface area contributed by atoms with Gasteiger partial charge in [-0.05, 0) is 19.9 Å². The average molecular weight is 296 g/mol. The second-order valence-electron chi connectivity index (χ2n) is 4.20. The van der Waals surface area contributed by atoms with Crippen molar-refractivity contribution in [2.75, 3.05) is 0 Å². The Morgan fingerprint density at radius 2 is 1.90 bits per heavy atom. The third-order valence-corrected chi connectivity index (χ3v) is 3.98. The van der Waals surface area contributed by atoms with Crippen LogP contribution in [-0.4, -0.2) is 23.1 Å². The Hall–Kier alpha value is -2.26. The molecule has 0 saturated heterocycles. The lowest BCUT2D eigenvalue weighted by molar-refractivity contribution is -0.384. The normalized spacial score (nSPS) is 11.6. The van der Waals surface area contributed by atoms with Gasteiger partial charge in [-0.1, -0.05) is 12.1 Å². The number of nitrogens with zero attached hydrogens (tertiary/aromatic N) is 3. The van der Waals surface area contributed by atoms with Crippen molar-refractivity contribution in [3.63, 3.8) is 0 Å². The Morgan fingerprint density at radius 1 is 1.30 bits per heavy atom. The van der Waals surface area contributed by atoms with Gasteiger partial charge in [0.25, 0.3) is 5.69 Å². The quantitative estimate of drug-likeness (QED) is 0.670. The Balaban J connectivity index is 2.77. The van der Waals surface area contributed by atoms with E-state index < -0.39 is 14.9 Å². The molecule has 1 aromatic carbocycles. The maximum absolute atomic E-state index is 11.5. The molecule has 9 heteroatoms. The van der Waals surface area contributed by atoms with Crippen molar-refractivity contribution in [2.24, 2.45) is 5.14 Å². The smallest absolute Gasteiger partial charge is 0.258 e. The van der Waals surface area contributed by atoms with E-state index in [1.165, 1.54) is 36.7 Å². The Morgan fingerprint density at radius 3 is 2.40 bits per heavy atom. The monoisotopic (exact) mass is 296 g/mol. The molecule has 0 bridgehead atoms. The zero-order valence-electron chi connectivity index (χ0n) is 10.8. The van der Waals surface area contributed by atoms with Crippen LogP contribution in [0.5, 0.6) is 0 Å². The molecule has 2 aromatic rings. The molecular formula is C11H12N4O4S. The van der Waals surface area contributed by atoms with Gasteiger partial charge in [0.2, 0.25) is 10.0 Å². The number of nitro benzene ring substituents is 1. The fourth-order valence-corrected chi connectivity index (χ4v) is 3.02. The zero-order valence-corrected chi connectivity index (χ0v) is 11.6. The van der Waals surface area contributed by atoms with Gasteiger partial charge in [-0.15, -0.1) is 0 Å². The molecule has 0 fully saturated rings. The van der Waals surface area contributed by atoms with Crippen LogP contribution in [0.15, 0.2) is 29.2 Å². The second kappa shape index (κ2) is 4.69. The Kier molecular flexibility index (Phi) is 3.32. The summed E-state index contributed by atoms with van der Waals surface area (Å²) in [6, 6.07) is 5.94. The number of rotatable bonds is 3. The highest BCUT2D eigenvalue weighted by Gasteiger charge is 2.24. The summed E-state index contributed by atoms with van der Waals surface area (Å²) < 4.78 is 24.3. The van der Waals surface area contributed by atoms with Crippen molar-refractivity contribution >= 4 is 15.7 Å². The molecule has 0 aliphatic rings. The lowest BCUT2D eigenvalue weighted by Gasteiger charge is -2.05. The van der Waals surface area contributed by atoms with Crippen LogP contribution in [0.3, 0.4) is 0 Å². The van der Waals surface area contributed by atoms with Crippen LogP contribution in [0.25, 0.3) is 5.69 Å². The summed E-state index contributed by atoms with van der Waals surface area (Å²) in [6.07, 6.45) is 0. The summed E-state index contributed by atoms with van der Waals surface area (Å²) in [7, 11) is -3.94. The predicted octanol–water partition coefficient (Wildman–Crippen LogP) is 1.04. The summed E-state index contributed by atoms with van der Waals surface area (Å²) in [5, 5.41) is 20.2. The highest BCUT2D eigenvalue weighted by molar-refractivity contribution is 7.89. The molecule has 0 amide bonds. The first kappa shape index (κ1) is 14.2. The first-order valence-electron chi connectivity index (χ1n) is 5.56. The molecule has 2 rings (SSSR count). The van der Waals surface area contributed by atoms with Crippen LogP contribution >= 0.6 is 0 Å². The van der Waals surface area contributed by atoms with E-state index in [-0.39, 0.29) is 27.7 Å². The van der Waals surface area contributed by atoms with Gasteiger partial charge in [0.1, 0.15) is 10.6 Å². The molecule has 1 aromatic heterocycles. The van der Waals surface area contributed by atoms with Crippen molar-refractivity contribution in [1.82, 2.24) is 9.78 Å². The number of sulfonamides is 1. The van der Waals surface area contributed by atoms with Crippen LogP contribution in [0.4, 0.5) is 5.69 Å². The fraction of sp³-hybridized carbons (Fsp3) is 0.182. The summed E-state index contributed by atoms with van der Waals surface area (Å²) in [5.41, 5.74) is 0.453. The van der Waals surface area contributed by atoms with Crippen LogP contribution < -0.4 is 5.14 Å². The van der Waals surface area contributed by atoms with Crippen molar-refractivity contribution < 1.29 is 13.3 Å². The molecule has 0 aliphatic carbocycles. The molecule has 106 valence electrons. The van der Waals surface area contributed by atoms with Gasteiger partial charge in [0.15, 0.2) is 0 Å². The highest BCUT2D eigenvalue weighted by Crippen LogP contribution is 2.26. The van der Waals surface area contributed by atoms with Gasteiger partial charge in [-0.2, -0.15) is 5.10 Å². The number of aryl methyl sites for hydroxylation is 1. The molecule has 1 heterocycles. The lowest BCUT2D eigenvalue weighted by Crippen LogP contribution is -2.14. The minimum absolute atomic E-state index is 0.115. The summed E-state index contributed by atoms with van der Waals surface area (Å²) >= 11 is 0. The Bertz CT molecular complexity index is 795. The average Bonchev–Trinajstić information content (AvgIpc) is 2.64. The van der Waals surface area contributed by atoms with Gasteiger partial charge < -0.3 is 0 Å². The number of aromatic nitrogens is 2. The van der Waals surface area contributed by atoms with Gasteiger partial charge in [0.05, 0.1) is 16.3 Å². The van der Waals surface area contributed by atoms with Crippen LogP contribution in [0, 0.1) is 24.0 Å². The zero-order chi connectivity index (χ0) is 15.1. The number of para-hydroxylation sites is 2. The number of nitro groups is 1. The van der Waals surface area contributed by atoms with E-state index in [0.717, 1.165) is 0 Å². The lowest BCUT2D eigenvalue weighted by atomic mass is 10.2. The largest absolute Gasteiger partial charge is 0.294 e. The molecule has 0 unspecified atom stereocenters. The molecule has 2 N–H and O–H groups in total. The number of hydrogen-bond acceptors (Lipinski definition) is 5. The van der Waals surface area contributed by atoms with Crippen molar-refractivity contribution in [3.05, 3.63) is 45.8 Å². The Labute approximate surface area is 115 Å². The number of benzene rings is 1. The minimum Gasteiger partial charge on any atom is -0.258 e. The van der Waals surface area contributed by atoms with E-state index in [9.17, 15) is 18.5 Å². The maximum Gasteiger partial charge on any atom is 0.294 e. The number of nitrogens with two attached hydrogens (primary N) is 1. The van der Waals surface area contributed by atoms with E-state index in [0.29, 0.717) is 0 Å². The van der Waals surface area contributed by atoms with Crippen LogP contribution in [0.1, 0.15) is 11.4 Å². The molecule has 0 saturated carbocycles. The molecule has 20 heavy (non-hydrogen) atoms. The minimum atomic E-state index is -3.94. The standard InChI is InChI=1S/C11H12N4O4S/c1-7-11(20(12,18)19)8(2)14(13-7)9-5-3-4-6-10(9)15(16)17/h3-6H,1-2H3,(H2,12,18,19). The summed E-state index contributed by atoms with van der Waals surface area (Å²) in [6.45, 7) is 2.98. The van der Waals surface area contributed by atoms with Crippen LogP contribution in [-0.2, 0) is 10.0 Å². The summed E-state index contributed by atoms with van der Waals surface area (Å²) in [4.78, 5) is 10.3. The SMILES string of the molecule is Cc1nn(-c2ccccc2[N+](=O)[O-])c(C)c1S(N)(=O)=O. The number of primary sulfonamides is 1. The van der Waals surface area contributed by atoms with Gasteiger partial charge in [-0.3, -0.25) is 10.1 Å². The van der Waals surface area contributed by atoms with E-state index >= 15 is 0 Å². The number of hydrogen-bond donors (Lipinski definition) is 1. The van der Waals surface area contributed by atoms with E-state index in [1.807, 2.05) is 0 Å². The van der Waals surface area contributed by atoms with Crippen LogP contribution in [0.2, 0.25) is 0 Å². The highest BCUT2D eigenvalue weighted by atomic mass is 32.2. The molecule has 0 aliphatic heterocycles. The van der Waals surface area contributed by atoms with E-state index in [1.54, 1.807) is 6.07 Å². The van der Waals surface area contributed by atoms with Gasteiger partial charge in [-0.25, -0.2) is 18.2 Å². The molecule has 0 radical (unpaired) electrons. The van der Waals surface area contributed by atoms with Crippen molar-refractivity contribution in [1.29, 1.82) is 0 Å². The molecule has 0 atom stereocenters. The summed E-state index contributed by atoms with van der Waals surface area (Å²) in [5.74, 6) is 0. The topological polar surface area (TPSA) is 121 Å². The predicted molar refractivity (Wildman–Crippen MR) is 71.1 cm³/mol. The second-order valence-corrected chi connectivity index (χ2v) is 5.70. The maximum atomic E-state index is 11.5. The van der Waals surface area contributed by atoms with Gasteiger partial charge >= 0.3 is 0 Å². The van der Waals surface area contributed by atoms with E-state index in [2.05, 4.69) is 5.10 Å². The first-order chi connectivity index (χ1) is 9.23. The fourth-order valence-electron chi connectivity index (χ4n) is 2.07.